The van der Waals surface area contributed by atoms with Crippen molar-refractivity contribution in [3.8, 4) is 0 Å². The molecule has 2 aromatic rings. The average molecular weight is 279 g/mol. The van der Waals surface area contributed by atoms with E-state index < -0.39 is 17.6 Å². The SMILES string of the molecule is CC1(C)NC(C(=O)O)Cc2c1[nH]c1ccc(Cl)cc21. The molecule has 1 aromatic carbocycles. The highest BCUT2D eigenvalue weighted by molar-refractivity contribution is 6.31. The van der Waals surface area contributed by atoms with Gasteiger partial charge in [-0.1, -0.05) is 11.6 Å². The predicted molar refractivity (Wildman–Crippen MR) is 74.6 cm³/mol. The van der Waals surface area contributed by atoms with Crippen molar-refractivity contribution in [1.29, 1.82) is 0 Å². The van der Waals surface area contributed by atoms with Crippen molar-refractivity contribution in [1.82, 2.24) is 10.3 Å². The quantitative estimate of drug-likeness (QED) is 0.751. The monoisotopic (exact) mass is 278 g/mol. The van der Waals surface area contributed by atoms with E-state index in [1.54, 1.807) is 0 Å². The largest absolute Gasteiger partial charge is 0.480 e. The first kappa shape index (κ1) is 12.5. The maximum atomic E-state index is 11.3. The number of nitrogens with one attached hydrogen (secondary N) is 2. The van der Waals surface area contributed by atoms with Crippen LogP contribution in [-0.2, 0) is 16.8 Å². The van der Waals surface area contributed by atoms with Gasteiger partial charge < -0.3 is 10.1 Å². The van der Waals surface area contributed by atoms with Crippen LogP contribution in [0.15, 0.2) is 18.2 Å². The van der Waals surface area contributed by atoms with Crippen LogP contribution < -0.4 is 5.32 Å². The summed E-state index contributed by atoms with van der Waals surface area (Å²) >= 11 is 6.04. The Bertz CT molecular complexity index is 675. The second-order valence-corrected chi connectivity index (χ2v) is 5.97. The van der Waals surface area contributed by atoms with E-state index in [0.29, 0.717) is 11.4 Å². The molecule has 1 aromatic heterocycles. The van der Waals surface area contributed by atoms with Gasteiger partial charge in [-0.05, 0) is 37.6 Å². The Morgan fingerprint density at radius 2 is 2.21 bits per heavy atom. The smallest absolute Gasteiger partial charge is 0.321 e. The molecule has 0 aliphatic carbocycles. The lowest BCUT2D eigenvalue weighted by atomic mass is 9.86. The molecule has 3 rings (SSSR count). The number of halogens is 1. The number of carbonyl (C=O) groups is 1. The maximum Gasteiger partial charge on any atom is 0.321 e. The molecule has 4 nitrogen and oxygen atoms in total. The molecule has 3 N–H and O–H groups in total. The number of hydrogen-bond donors (Lipinski definition) is 3. The van der Waals surface area contributed by atoms with Crippen molar-refractivity contribution in [2.45, 2.75) is 31.8 Å². The van der Waals surface area contributed by atoms with Crippen molar-refractivity contribution in [2.24, 2.45) is 0 Å². The number of carboxylic acid groups (broad SMARTS) is 1. The van der Waals surface area contributed by atoms with Crippen molar-refractivity contribution >= 4 is 28.5 Å². The molecule has 19 heavy (non-hydrogen) atoms. The number of fused-ring (bicyclic) bond motifs is 3. The molecule has 0 fully saturated rings. The molecule has 1 atom stereocenters. The number of rotatable bonds is 1. The van der Waals surface area contributed by atoms with Gasteiger partial charge in [0.05, 0.1) is 5.54 Å². The Morgan fingerprint density at radius 1 is 1.47 bits per heavy atom. The summed E-state index contributed by atoms with van der Waals surface area (Å²) in [6.45, 7) is 3.97. The van der Waals surface area contributed by atoms with Gasteiger partial charge in [-0.3, -0.25) is 10.1 Å². The van der Waals surface area contributed by atoms with Gasteiger partial charge in [0.25, 0.3) is 0 Å². The average Bonchev–Trinajstić information content (AvgIpc) is 2.67. The summed E-state index contributed by atoms with van der Waals surface area (Å²) in [5.74, 6) is -0.824. The Hall–Kier alpha value is -1.52. The first-order valence-electron chi connectivity index (χ1n) is 6.19. The number of aliphatic carboxylic acids is 1. The number of hydrogen-bond acceptors (Lipinski definition) is 2. The Labute approximate surface area is 115 Å². The lowest BCUT2D eigenvalue weighted by Gasteiger charge is -2.35. The minimum absolute atomic E-state index is 0.401. The van der Waals surface area contributed by atoms with Gasteiger partial charge in [0.2, 0.25) is 0 Å². The number of carboxylic acids is 1. The molecule has 0 amide bonds. The summed E-state index contributed by atoms with van der Waals surface area (Å²) in [6.07, 6.45) is 0.467. The number of benzene rings is 1. The van der Waals surface area contributed by atoms with Crippen LogP contribution in [-0.4, -0.2) is 22.1 Å². The van der Waals surface area contributed by atoms with Gasteiger partial charge in [0.15, 0.2) is 0 Å². The lowest BCUT2D eigenvalue weighted by Crippen LogP contribution is -2.52. The zero-order chi connectivity index (χ0) is 13.8. The Kier molecular flexibility index (Phi) is 2.62. The van der Waals surface area contributed by atoms with Gasteiger partial charge in [0, 0.05) is 28.0 Å². The number of aromatic nitrogens is 1. The van der Waals surface area contributed by atoms with Gasteiger partial charge in [-0.2, -0.15) is 0 Å². The van der Waals surface area contributed by atoms with Crippen molar-refractivity contribution < 1.29 is 9.90 Å². The Balaban J connectivity index is 2.24. The van der Waals surface area contributed by atoms with Gasteiger partial charge in [-0.15, -0.1) is 0 Å². The normalized spacial score (nSPS) is 21.3. The number of H-pyrrole nitrogens is 1. The molecule has 1 aliphatic heterocycles. The molecule has 1 unspecified atom stereocenters. The van der Waals surface area contributed by atoms with E-state index in [1.165, 1.54) is 0 Å². The van der Waals surface area contributed by atoms with Crippen LogP contribution in [0.25, 0.3) is 10.9 Å². The topological polar surface area (TPSA) is 65.1 Å². The van der Waals surface area contributed by atoms with Gasteiger partial charge >= 0.3 is 5.97 Å². The zero-order valence-electron chi connectivity index (χ0n) is 10.7. The molecular formula is C14H15ClN2O2. The summed E-state index contributed by atoms with van der Waals surface area (Å²) in [5.41, 5.74) is 2.69. The third-order valence-electron chi connectivity index (χ3n) is 3.73. The summed E-state index contributed by atoms with van der Waals surface area (Å²) < 4.78 is 0. The summed E-state index contributed by atoms with van der Waals surface area (Å²) in [4.78, 5) is 14.7. The third kappa shape index (κ3) is 1.91. The fraction of sp³-hybridized carbons (Fsp3) is 0.357. The van der Waals surface area contributed by atoms with Crippen LogP contribution in [0, 0.1) is 0 Å². The fourth-order valence-electron chi connectivity index (χ4n) is 2.88. The van der Waals surface area contributed by atoms with E-state index in [2.05, 4.69) is 10.3 Å². The van der Waals surface area contributed by atoms with Gasteiger partial charge in [0.1, 0.15) is 6.04 Å². The molecule has 0 radical (unpaired) electrons. The maximum absolute atomic E-state index is 11.3. The van der Waals surface area contributed by atoms with E-state index in [9.17, 15) is 9.90 Å². The van der Waals surface area contributed by atoms with Crippen LogP contribution in [0.1, 0.15) is 25.1 Å². The van der Waals surface area contributed by atoms with Crippen molar-refractivity contribution in [3.05, 3.63) is 34.5 Å². The predicted octanol–water partition coefficient (Wildman–Crippen LogP) is 2.66. The molecule has 100 valence electrons. The van der Waals surface area contributed by atoms with Crippen LogP contribution in [0.2, 0.25) is 5.02 Å². The second kappa shape index (κ2) is 3.99. The molecule has 0 saturated heterocycles. The van der Waals surface area contributed by atoms with E-state index in [4.69, 9.17) is 11.6 Å². The summed E-state index contributed by atoms with van der Waals surface area (Å²) in [7, 11) is 0. The molecule has 0 bridgehead atoms. The van der Waals surface area contributed by atoms with E-state index >= 15 is 0 Å². The van der Waals surface area contributed by atoms with Crippen molar-refractivity contribution in [2.75, 3.05) is 0 Å². The van der Waals surface area contributed by atoms with Crippen LogP contribution >= 0.6 is 11.6 Å². The van der Waals surface area contributed by atoms with E-state index in [1.807, 2.05) is 32.0 Å². The van der Waals surface area contributed by atoms with Crippen LogP contribution in [0.3, 0.4) is 0 Å². The highest BCUT2D eigenvalue weighted by Crippen LogP contribution is 2.35. The number of aromatic amines is 1. The minimum Gasteiger partial charge on any atom is -0.480 e. The first-order chi connectivity index (χ1) is 8.88. The van der Waals surface area contributed by atoms with Crippen LogP contribution in [0.4, 0.5) is 0 Å². The molecular weight excluding hydrogens is 264 g/mol. The lowest BCUT2D eigenvalue weighted by molar-refractivity contribution is -0.140. The Morgan fingerprint density at radius 3 is 2.89 bits per heavy atom. The molecule has 2 heterocycles. The van der Waals surface area contributed by atoms with Crippen LogP contribution in [0.5, 0.6) is 0 Å². The first-order valence-corrected chi connectivity index (χ1v) is 6.57. The van der Waals surface area contributed by atoms with Gasteiger partial charge in [-0.25, -0.2) is 0 Å². The summed E-state index contributed by atoms with van der Waals surface area (Å²) in [6, 6.07) is 5.09. The highest BCUT2D eigenvalue weighted by atomic mass is 35.5. The zero-order valence-corrected chi connectivity index (χ0v) is 11.5. The summed E-state index contributed by atoms with van der Waals surface area (Å²) in [5, 5.41) is 14.1. The molecule has 5 heteroatoms. The molecule has 0 saturated carbocycles. The standard InChI is InChI=1S/C14H15ClN2O2/c1-14(2)12-9(6-11(17-14)13(18)19)8-5-7(15)3-4-10(8)16-12/h3-5,11,16-17H,6H2,1-2H3,(H,18,19). The second-order valence-electron chi connectivity index (χ2n) is 5.53. The fourth-order valence-corrected chi connectivity index (χ4v) is 3.05. The highest BCUT2D eigenvalue weighted by Gasteiger charge is 2.37. The minimum atomic E-state index is -0.824. The van der Waals surface area contributed by atoms with Crippen molar-refractivity contribution in [3.63, 3.8) is 0 Å². The van der Waals surface area contributed by atoms with E-state index in [0.717, 1.165) is 22.2 Å². The third-order valence-corrected chi connectivity index (χ3v) is 3.97. The molecule has 1 aliphatic rings. The molecule has 0 spiro atoms. The van der Waals surface area contributed by atoms with E-state index in [-0.39, 0.29) is 0 Å².